The second-order valence-corrected chi connectivity index (χ2v) is 5.72. The molecule has 1 aromatic rings. The van der Waals surface area contributed by atoms with Crippen LogP contribution in [-0.2, 0) is 11.2 Å². The molecule has 2 rings (SSSR count). The Bertz CT molecular complexity index is 540. The lowest BCUT2D eigenvalue weighted by atomic mass is 9.86. The molecule has 0 spiro atoms. The van der Waals surface area contributed by atoms with Gasteiger partial charge in [-0.25, -0.2) is 0 Å². The van der Waals surface area contributed by atoms with Crippen LogP contribution in [0.25, 0.3) is 0 Å². The summed E-state index contributed by atoms with van der Waals surface area (Å²) in [5, 5.41) is 0. The zero-order valence-corrected chi connectivity index (χ0v) is 12.1. The summed E-state index contributed by atoms with van der Waals surface area (Å²) in [4.78, 5) is 13.3. The molecule has 2 N–H and O–H groups in total. The number of nitrogens with two attached hydrogens (primary N) is 1. The lowest BCUT2D eigenvalue weighted by Gasteiger charge is -2.38. The SMILES string of the molecule is CN(C(=O)C(C)(N)C(F)(F)F)C1CCCc2ccccc21. The van der Waals surface area contributed by atoms with Crippen LogP contribution >= 0.6 is 0 Å². The highest BCUT2D eigenvalue weighted by Crippen LogP contribution is 2.36. The van der Waals surface area contributed by atoms with E-state index in [9.17, 15) is 18.0 Å². The molecule has 116 valence electrons. The molecule has 1 aliphatic carbocycles. The molecule has 0 aliphatic heterocycles. The number of hydrogen-bond donors (Lipinski definition) is 1. The Morgan fingerprint density at radius 1 is 1.33 bits per heavy atom. The van der Waals surface area contributed by atoms with Crippen molar-refractivity contribution in [2.24, 2.45) is 5.73 Å². The van der Waals surface area contributed by atoms with E-state index in [1.807, 2.05) is 24.3 Å². The molecule has 6 heteroatoms. The van der Waals surface area contributed by atoms with Crippen LogP contribution in [0, 0.1) is 0 Å². The van der Waals surface area contributed by atoms with Gasteiger partial charge in [0, 0.05) is 7.05 Å². The van der Waals surface area contributed by atoms with E-state index in [0.29, 0.717) is 6.42 Å². The molecular formula is C15H19F3N2O. The summed E-state index contributed by atoms with van der Waals surface area (Å²) in [5.74, 6) is -1.10. The Morgan fingerprint density at radius 3 is 2.57 bits per heavy atom. The van der Waals surface area contributed by atoms with Crippen molar-refractivity contribution in [1.82, 2.24) is 4.90 Å². The van der Waals surface area contributed by atoms with Crippen molar-refractivity contribution in [2.75, 3.05) is 7.05 Å². The summed E-state index contributed by atoms with van der Waals surface area (Å²) in [6, 6.07) is 7.19. The number of carbonyl (C=O) groups is 1. The van der Waals surface area contributed by atoms with Crippen molar-refractivity contribution < 1.29 is 18.0 Å². The van der Waals surface area contributed by atoms with Gasteiger partial charge < -0.3 is 10.6 Å². The summed E-state index contributed by atoms with van der Waals surface area (Å²) in [6.45, 7) is 0.723. The number of aryl methyl sites for hydroxylation is 1. The molecule has 1 aromatic carbocycles. The number of halogens is 3. The third-order valence-corrected chi connectivity index (χ3v) is 4.16. The Balaban J connectivity index is 2.30. The number of nitrogens with zero attached hydrogens (tertiary/aromatic N) is 1. The monoisotopic (exact) mass is 300 g/mol. The van der Waals surface area contributed by atoms with Gasteiger partial charge in [0.15, 0.2) is 5.54 Å². The first-order chi connectivity index (χ1) is 9.66. The van der Waals surface area contributed by atoms with E-state index in [1.54, 1.807) is 0 Å². The highest BCUT2D eigenvalue weighted by molar-refractivity contribution is 5.87. The first-order valence-corrected chi connectivity index (χ1v) is 6.87. The number of fused-ring (bicyclic) bond motifs is 1. The van der Waals surface area contributed by atoms with Gasteiger partial charge in [0.05, 0.1) is 6.04 Å². The van der Waals surface area contributed by atoms with Crippen LogP contribution in [0.3, 0.4) is 0 Å². The maximum Gasteiger partial charge on any atom is 0.415 e. The summed E-state index contributed by atoms with van der Waals surface area (Å²) in [7, 11) is 1.39. The molecule has 2 atom stereocenters. The third-order valence-electron chi connectivity index (χ3n) is 4.16. The lowest BCUT2D eigenvalue weighted by molar-refractivity contribution is -0.194. The molecule has 2 unspecified atom stereocenters. The van der Waals surface area contributed by atoms with E-state index in [4.69, 9.17) is 5.73 Å². The van der Waals surface area contributed by atoms with E-state index in [0.717, 1.165) is 35.8 Å². The predicted octanol–water partition coefficient (Wildman–Crippen LogP) is 2.80. The topological polar surface area (TPSA) is 46.3 Å². The van der Waals surface area contributed by atoms with Gasteiger partial charge in [0.25, 0.3) is 5.91 Å². The number of likely N-dealkylation sites (N-methyl/N-ethyl adjacent to an activating group) is 1. The van der Waals surface area contributed by atoms with Gasteiger partial charge in [-0.1, -0.05) is 24.3 Å². The van der Waals surface area contributed by atoms with Crippen LogP contribution in [0.2, 0.25) is 0 Å². The first-order valence-electron chi connectivity index (χ1n) is 6.87. The van der Waals surface area contributed by atoms with Gasteiger partial charge in [0.2, 0.25) is 0 Å². The van der Waals surface area contributed by atoms with Crippen LogP contribution < -0.4 is 5.73 Å². The minimum atomic E-state index is -4.77. The molecule has 1 aliphatic rings. The molecule has 0 fully saturated rings. The first kappa shape index (κ1) is 15.8. The molecule has 3 nitrogen and oxygen atoms in total. The van der Waals surface area contributed by atoms with Crippen LogP contribution in [-0.4, -0.2) is 29.6 Å². The average molecular weight is 300 g/mol. The quantitative estimate of drug-likeness (QED) is 0.913. The summed E-state index contributed by atoms with van der Waals surface area (Å²) < 4.78 is 38.8. The average Bonchev–Trinajstić information content (AvgIpc) is 2.44. The molecule has 0 bridgehead atoms. The molecular weight excluding hydrogens is 281 g/mol. The van der Waals surface area contributed by atoms with Crippen molar-refractivity contribution in [3.05, 3.63) is 35.4 Å². The van der Waals surface area contributed by atoms with E-state index in [2.05, 4.69) is 0 Å². The largest absolute Gasteiger partial charge is 0.415 e. The van der Waals surface area contributed by atoms with Crippen molar-refractivity contribution >= 4 is 5.91 Å². The standard InChI is InChI=1S/C15H19F3N2O/c1-14(19,15(16,17)18)13(21)20(2)12-9-5-7-10-6-3-4-8-11(10)12/h3-4,6,8,12H,5,7,9,19H2,1-2H3. The fraction of sp³-hybridized carbons (Fsp3) is 0.533. The fourth-order valence-corrected chi connectivity index (χ4v) is 2.76. The van der Waals surface area contributed by atoms with Gasteiger partial charge >= 0.3 is 6.18 Å². The van der Waals surface area contributed by atoms with E-state index in [-0.39, 0.29) is 6.04 Å². The lowest BCUT2D eigenvalue weighted by Crippen LogP contribution is -2.62. The maximum atomic E-state index is 12.9. The normalized spacial score (nSPS) is 21.3. The minimum Gasteiger partial charge on any atom is -0.337 e. The van der Waals surface area contributed by atoms with Crippen molar-refractivity contribution in [3.8, 4) is 0 Å². The summed E-state index contributed by atoms with van der Waals surface area (Å²) in [6.07, 6.45) is -2.40. The van der Waals surface area contributed by atoms with Crippen LogP contribution in [0.15, 0.2) is 24.3 Å². The minimum absolute atomic E-state index is 0.354. The second-order valence-electron chi connectivity index (χ2n) is 5.72. The Morgan fingerprint density at radius 2 is 1.95 bits per heavy atom. The van der Waals surface area contributed by atoms with Crippen LogP contribution in [0.1, 0.15) is 36.9 Å². The summed E-state index contributed by atoms with van der Waals surface area (Å²) >= 11 is 0. The number of rotatable bonds is 2. The molecule has 0 radical (unpaired) electrons. The number of carbonyl (C=O) groups excluding carboxylic acids is 1. The van der Waals surface area contributed by atoms with Crippen LogP contribution in [0.5, 0.6) is 0 Å². The van der Waals surface area contributed by atoms with E-state index < -0.39 is 17.6 Å². The van der Waals surface area contributed by atoms with E-state index in [1.165, 1.54) is 7.05 Å². The Hall–Kier alpha value is -1.56. The highest BCUT2D eigenvalue weighted by atomic mass is 19.4. The van der Waals surface area contributed by atoms with Gasteiger partial charge in [-0.05, 0) is 37.3 Å². The molecule has 1 amide bonds. The van der Waals surface area contributed by atoms with Gasteiger partial charge in [0.1, 0.15) is 0 Å². The fourth-order valence-electron chi connectivity index (χ4n) is 2.76. The number of benzene rings is 1. The van der Waals surface area contributed by atoms with Crippen molar-refractivity contribution in [1.29, 1.82) is 0 Å². The summed E-state index contributed by atoms with van der Waals surface area (Å²) in [5.41, 5.74) is 4.38. The third kappa shape index (κ3) is 2.77. The number of hydrogen-bond acceptors (Lipinski definition) is 2. The predicted molar refractivity (Wildman–Crippen MR) is 73.5 cm³/mol. The Labute approximate surface area is 121 Å². The molecule has 0 heterocycles. The molecule has 0 saturated heterocycles. The van der Waals surface area contributed by atoms with Gasteiger partial charge in [-0.3, -0.25) is 4.79 Å². The second kappa shape index (κ2) is 5.33. The van der Waals surface area contributed by atoms with Gasteiger partial charge in [-0.2, -0.15) is 13.2 Å². The molecule has 0 saturated carbocycles. The number of amides is 1. The maximum absolute atomic E-state index is 12.9. The zero-order valence-electron chi connectivity index (χ0n) is 12.1. The number of alkyl halides is 3. The van der Waals surface area contributed by atoms with Crippen LogP contribution in [0.4, 0.5) is 13.2 Å². The highest BCUT2D eigenvalue weighted by Gasteiger charge is 2.55. The molecule has 21 heavy (non-hydrogen) atoms. The van der Waals surface area contributed by atoms with Gasteiger partial charge in [-0.15, -0.1) is 0 Å². The Kier molecular flexibility index (Phi) is 4.02. The smallest absolute Gasteiger partial charge is 0.337 e. The molecule has 0 aromatic heterocycles. The zero-order chi connectivity index (χ0) is 15.8. The van der Waals surface area contributed by atoms with E-state index >= 15 is 0 Å². The van der Waals surface area contributed by atoms with Crippen molar-refractivity contribution in [2.45, 2.75) is 43.9 Å². The van der Waals surface area contributed by atoms with Crippen molar-refractivity contribution in [3.63, 3.8) is 0 Å².